The van der Waals surface area contributed by atoms with Gasteiger partial charge in [-0.15, -0.1) is 0 Å². The standard InChI is InChI=1S/C18H23ClN4O2/c1-12-8-15(9-13(2)17(12)19)20-18(24)23-6-4-22(5-7-23)11-16-10-14(3)21-25-16/h8-10H,4-7,11H2,1-3H3,(H,20,24). The van der Waals surface area contributed by atoms with Crippen molar-refractivity contribution in [3.8, 4) is 0 Å². The summed E-state index contributed by atoms with van der Waals surface area (Å²) in [6.45, 7) is 9.51. The fourth-order valence-corrected chi connectivity index (χ4v) is 3.15. The SMILES string of the molecule is Cc1cc(CN2CCN(C(=O)Nc3cc(C)c(Cl)c(C)c3)CC2)on1. The highest BCUT2D eigenvalue weighted by Gasteiger charge is 2.22. The smallest absolute Gasteiger partial charge is 0.321 e. The molecule has 0 atom stereocenters. The van der Waals surface area contributed by atoms with Crippen molar-refractivity contribution in [2.45, 2.75) is 27.3 Å². The van der Waals surface area contributed by atoms with Crippen LogP contribution >= 0.6 is 11.6 Å². The summed E-state index contributed by atoms with van der Waals surface area (Å²) >= 11 is 6.18. The number of aryl methyl sites for hydroxylation is 3. The number of nitrogens with zero attached hydrogens (tertiary/aromatic N) is 3. The van der Waals surface area contributed by atoms with Crippen LogP contribution in [-0.2, 0) is 6.54 Å². The topological polar surface area (TPSA) is 61.6 Å². The molecule has 1 aromatic heterocycles. The van der Waals surface area contributed by atoms with Gasteiger partial charge in [0.25, 0.3) is 0 Å². The van der Waals surface area contributed by atoms with Gasteiger partial charge in [-0.05, 0) is 44.0 Å². The fourth-order valence-electron chi connectivity index (χ4n) is 3.04. The second-order valence-electron chi connectivity index (χ2n) is 6.55. The van der Waals surface area contributed by atoms with Gasteiger partial charge in [0, 0.05) is 43.0 Å². The van der Waals surface area contributed by atoms with Gasteiger partial charge in [0.2, 0.25) is 0 Å². The minimum Gasteiger partial charge on any atom is -0.360 e. The number of carbonyl (C=O) groups is 1. The number of carbonyl (C=O) groups excluding carboxylic acids is 1. The Labute approximate surface area is 152 Å². The van der Waals surface area contributed by atoms with E-state index in [9.17, 15) is 4.79 Å². The Morgan fingerprint density at radius 2 is 1.80 bits per heavy atom. The van der Waals surface area contributed by atoms with E-state index in [0.717, 1.165) is 52.9 Å². The number of hydrogen-bond acceptors (Lipinski definition) is 4. The zero-order chi connectivity index (χ0) is 18.0. The number of amides is 2. The highest BCUT2D eigenvalue weighted by Crippen LogP contribution is 2.24. The van der Waals surface area contributed by atoms with E-state index in [-0.39, 0.29) is 6.03 Å². The Balaban J connectivity index is 1.53. The van der Waals surface area contributed by atoms with Crippen LogP contribution in [0.1, 0.15) is 22.6 Å². The predicted octanol–water partition coefficient (Wildman–Crippen LogP) is 3.60. The Morgan fingerprint density at radius 1 is 1.16 bits per heavy atom. The third kappa shape index (κ3) is 4.32. The highest BCUT2D eigenvalue weighted by atomic mass is 35.5. The van der Waals surface area contributed by atoms with Crippen molar-refractivity contribution in [3.63, 3.8) is 0 Å². The van der Waals surface area contributed by atoms with Crippen LogP contribution in [0.15, 0.2) is 22.7 Å². The van der Waals surface area contributed by atoms with Crippen LogP contribution in [0.5, 0.6) is 0 Å². The number of halogens is 1. The Hall–Kier alpha value is -2.05. The number of piperazine rings is 1. The fraction of sp³-hybridized carbons (Fsp3) is 0.444. The molecule has 1 fully saturated rings. The molecule has 0 radical (unpaired) electrons. The predicted molar refractivity (Wildman–Crippen MR) is 98.0 cm³/mol. The van der Waals surface area contributed by atoms with E-state index in [2.05, 4.69) is 15.4 Å². The molecule has 7 heteroatoms. The zero-order valence-electron chi connectivity index (χ0n) is 14.8. The van der Waals surface area contributed by atoms with E-state index in [1.54, 1.807) is 0 Å². The summed E-state index contributed by atoms with van der Waals surface area (Å²) in [5, 5.41) is 7.62. The minimum absolute atomic E-state index is 0.0729. The van der Waals surface area contributed by atoms with E-state index in [1.165, 1.54) is 0 Å². The summed E-state index contributed by atoms with van der Waals surface area (Å²) in [5.41, 5.74) is 3.60. The van der Waals surface area contributed by atoms with Gasteiger partial charge in [-0.25, -0.2) is 4.79 Å². The van der Waals surface area contributed by atoms with Crippen LogP contribution in [0.3, 0.4) is 0 Å². The maximum Gasteiger partial charge on any atom is 0.321 e. The Morgan fingerprint density at radius 3 is 2.36 bits per heavy atom. The zero-order valence-corrected chi connectivity index (χ0v) is 15.6. The molecule has 2 heterocycles. The lowest BCUT2D eigenvalue weighted by atomic mass is 10.1. The number of benzene rings is 1. The van der Waals surface area contributed by atoms with Gasteiger partial charge in [-0.3, -0.25) is 4.90 Å². The van der Waals surface area contributed by atoms with Gasteiger partial charge in [-0.1, -0.05) is 16.8 Å². The van der Waals surface area contributed by atoms with E-state index in [0.29, 0.717) is 13.1 Å². The molecule has 0 aliphatic carbocycles. The number of anilines is 1. The monoisotopic (exact) mass is 362 g/mol. The van der Waals surface area contributed by atoms with Crippen LogP contribution in [0.2, 0.25) is 5.02 Å². The van der Waals surface area contributed by atoms with E-state index >= 15 is 0 Å². The van der Waals surface area contributed by atoms with Crippen molar-refractivity contribution in [2.24, 2.45) is 0 Å². The van der Waals surface area contributed by atoms with Crippen molar-refractivity contribution in [1.82, 2.24) is 15.0 Å². The van der Waals surface area contributed by atoms with E-state index in [1.807, 2.05) is 43.9 Å². The van der Waals surface area contributed by atoms with Crippen molar-refractivity contribution in [3.05, 3.63) is 45.8 Å². The average Bonchev–Trinajstić information content (AvgIpc) is 2.98. The third-order valence-corrected chi connectivity index (χ3v) is 5.00. The largest absolute Gasteiger partial charge is 0.360 e. The minimum atomic E-state index is -0.0729. The maximum absolute atomic E-state index is 12.5. The second-order valence-corrected chi connectivity index (χ2v) is 6.93. The number of nitrogens with one attached hydrogen (secondary N) is 1. The molecule has 134 valence electrons. The number of urea groups is 1. The molecule has 0 unspecified atom stereocenters. The van der Waals surface area contributed by atoms with E-state index < -0.39 is 0 Å². The van der Waals surface area contributed by atoms with Crippen LogP contribution in [-0.4, -0.2) is 47.2 Å². The first-order valence-electron chi connectivity index (χ1n) is 8.39. The maximum atomic E-state index is 12.5. The molecule has 1 aliphatic rings. The second kappa shape index (κ2) is 7.45. The molecular formula is C18H23ClN4O2. The molecule has 1 aliphatic heterocycles. The van der Waals surface area contributed by atoms with Crippen LogP contribution in [0.4, 0.5) is 10.5 Å². The lowest BCUT2D eigenvalue weighted by molar-refractivity contribution is 0.134. The molecule has 1 N–H and O–H groups in total. The molecular weight excluding hydrogens is 340 g/mol. The van der Waals surface area contributed by atoms with Crippen LogP contribution in [0, 0.1) is 20.8 Å². The summed E-state index contributed by atoms with van der Waals surface area (Å²) in [6.07, 6.45) is 0. The first-order chi connectivity index (χ1) is 11.9. The first-order valence-corrected chi connectivity index (χ1v) is 8.77. The summed E-state index contributed by atoms with van der Waals surface area (Å²) in [7, 11) is 0. The number of aromatic nitrogens is 1. The normalized spacial score (nSPS) is 15.4. The summed E-state index contributed by atoms with van der Waals surface area (Å²) in [5.74, 6) is 0.863. The molecule has 25 heavy (non-hydrogen) atoms. The van der Waals surface area contributed by atoms with Crippen molar-refractivity contribution < 1.29 is 9.32 Å². The molecule has 6 nitrogen and oxygen atoms in total. The highest BCUT2D eigenvalue weighted by molar-refractivity contribution is 6.32. The van der Waals surface area contributed by atoms with Gasteiger partial charge in [-0.2, -0.15) is 0 Å². The number of rotatable bonds is 3. The van der Waals surface area contributed by atoms with Gasteiger partial charge >= 0.3 is 6.03 Å². The molecule has 0 spiro atoms. The molecule has 1 aromatic carbocycles. The van der Waals surface area contributed by atoms with Gasteiger partial charge in [0.15, 0.2) is 5.76 Å². The Bertz CT molecular complexity index is 743. The van der Waals surface area contributed by atoms with Gasteiger partial charge < -0.3 is 14.7 Å². The summed E-state index contributed by atoms with van der Waals surface area (Å²) in [6, 6.07) is 5.67. The molecule has 0 bridgehead atoms. The van der Waals surface area contributed by atoms with Gasteiger partial charge in [0.05, 0.1) is 12.2 Å². The van der Waals surface area contributed by atoms with Crippen LogP contribution < -0.4 is 5.32 Å². The average molecular weight is 363 g/mol. The summed E-state index contributed by atoms with van der Waals surface area (Å²) in [4.78, 5) is 16.6. The lowest BCUT2D eigenvalue weighted by Crippen LogP contribution is -2.49. The third-order valence-electron chi connectivity index (χ3n) is 4.40. The Kier molecular flexibility index (Phi) is 5.30. The van der Waals surface area contributed by atoms with E-state index in [4.69, 9.17) is 16.1 Å². The molecule has 3 rings (SSSR count). The first kappa shape index (κ1) is 17.8. The lowest BCUT2D eigenvalue weighted by Gasteiger charge is -2.34. The van der Waals surface area contributed by atoms with Gasteiger partial charge in [0.1, 0.15) is 0 Å². The molecule has 0 saturated carbocycles. The van der Waals surface area contributed by atoms with Crippen molar-refractivity contribution >= 4 is 23.3 Å². The molecule has 1 saturated heterocycles. The number of hydrogen-bond donors (Lipinski definition) is 1. The molecule has 2 amide bonds. The van der Waals surface area contributed by atoms with Crippen molar-refractivity contribution in [1.29, 1.82) is 0 Å². The quantitative estimate of drug-likeness (QED) is 0.906. The van der Waals surface area contributed by atoms with Crippen molar-refractivity contribution in [2.75, 3.05) is 31.5 Å². The summed E-state index contributed by atoms with van der Waals surface area (Å²) < 4.78 is 5.26. The van der Waals surface area contributed by atoms with Crippen LogP contribution in [0.25, 0.3) is 0 Å². The molecule has 2 aromatic rings.